The Balaban J connectivity index is 0.000000571. The Morgan fingerprint density at radius 1 is 0.828 bits per heavy atom. The Morgan fingerprint density at radius 2 is 1.28 bits per heavy atom. The van der Waals surface area contributed by atoms with E-state index >= 15 is 0 Å². The fourth-order valence-electron chi connectivity index (χ4n) is 2.76. The SMILES string of the molecule is CCCCCC[N+]1(C)CCCC1.O=S(=O)([O-])C(F)(F)C(F)(F)C(F)(F)C(F)(F)F. The molecule has 0 saturated carbocycles. The van der Waals surface area contributed by atoms with E-state index in [4.69, 9.17) is 0 Å². The monoisotopic (exact) mass is 469 g/mol. The summed E-state index contributed by atoms with van der Waals surface area (Å²) in [4.78, 5) is 0. The molecule has 1 aliphatic heterocycles. The van der Waals surface area contributed by atoms with E-state index in [9.17, 15) is 52.5 Å². The molecular formula is C15H24F9NO3S. The summed E-state index contributed by atoms with van der Waals surface area (Å²) in [5, 5.41) is -7.11. The first-order valence-corrected chi connectivity index (χ1v) is 10.2. The lowest BCUT2D eigenvalue weighted by molar-refractivity contribution is -0.897. The normalized spacial score (nSPS) is 18.3. The van der Waals surface area contributed by atoms with E-state index < -0.39 is 33.4 Å². The summed E-state index contributed by atoms with van der Waals surface area (Å²) in [7, 11) is -4.99. The molecule has 1 aliphatic rings. The molecule has 0 atom stereocenters. The summed E-state index contributed by atoms with van der Waals surface area (Å²) < 4.78 is 137. The van der Waals surface area contributed by atoms with E-state index in [0.29, 0.717) is 0 Å². The Kier molecular flexibility index (Phi) is 9.33. The average molecular weight is 469 g/mol. The van der Waals surface area contributed by atoms with Gasteiger partial charge >= 0.3 is 23.3 Å². The number of alkyl halides is 9. The predicted octanol–water partition coefficient (Wildman–Crippen LogP) is 4.76. The third-order valence-electron chi connectivity index (χ3n) is 4.63. The molecule has 0 aliphatic carbocycles. The van der Waals surface area contributed by atoms with Crippen molar-refractivity contribution < 1.29 is 57.0 Å². The maximum atomic E-state index is 12.2. The molecule has 1 heterocycles. The molecule has 0 bridgehead atoms. The highest BCUT2D eigenvalue weighted by Gasteiger charge is 2.83. The molecule has 14 heteroatoms. The van der Waals surface area contributed by atoms with Crippen molar-refractivity contribution in [1.29, 1.82) is 0 Å². The van der Waals surface area contributed by atoms with Gasteiger partial charge in [-0.05, 0) is 12.8 Å². The zero-order chi connectivity index (χ0) is 23.4. The van der Waals surface area contributed by atoms with Crippen LogP contribution in [0.3, 0.4) is 0 Å². The first-order chi connectivity index (χ1) is 12.8. The molecular weight excluding hydrogens is 445 g/mol. The van der Waals surface area contributed by atoms with E-state index in [-0.39, 0.29) is 0 Å². The molecule has 29 heavy (non-hydrogen) atoms. The summed E-state index contributed by atoms with van der Waals surface area (Å²) in [5.74, 6) is -14.8. The number of rotatable bonds is 8. The highest BCUT2D eigenvalue weighted by molar-refractivity contribution is 7.86. The van der Waals surface area contributed by atoms with Crippen LogP contribution in [0.2, 0.25) is 0 Å². The summed E-state index contributed by atoms with van der Waals surface area (Å²) in [6.45, 7) is 6.59. The molecule has 176 valence electrons. The van der Waals surface area contributed by atoms with Gasteiger partial charge in [-0.3, -0.25) is 0 Å². The van der Waals surface area contributed by atoms with Crippen LogP contribution in [0.4, 0.5) is 39.5 Å². The van der Waals surface area contributed by atoms with Gasteiger partial charge in [-0.2, -0.15) is 39.5 Å². The highest BCUT2D eigenvalue weighted by Crippen LogP contribution is 2.54. The molecule has 0 aromatic carbocycles. The molecule has 0 aromatic rings. The zero-order valence-electron chi connectivity index (χ0n) is 15.8. The van der Waals surface area contributed by atoms with E-state index in [1.807, 2.05) is 0 Å². The molecule has 1 fully saturated rings. The van der Waals surface area contributed by atoms with Crippen molar-refractivity contribution >= 4 is 10.1 Å². The summed E-state index contributed by atoms with van der Waals surface area (Å²) in [6.07, 6.45) is 1.46. The highest BCUT2D eigenvalue weighted by atomic mass is 32.2. The number of hydrogen-bond donors (Lipinski definition) is 0. The maximum Gasteiger partial charge on any atom is 0.460 e. The second-order valence-corrected chi connectivity index (χ2v) is 8.60. The minimum Gasteiger partial charge on any atom is -0.743 e. The van der Waals surface area contributed by atoms with Crippen LogP contribution in [0.15, 0.2) is 0 Å². The number of halogens is 9. The van der Waals surface area contributed by atoms with E-state index in [1.54, 1.807) is 0 Å². The lowest BCUT2D eigenvalue weighted by atomic mass is 10.1. The van der Waals surface area contributed by atoms with Gasteiger partial charge < -0.3 is 9.04 Å². The van der Waals surface area contributed by atoms with E-state index in [0.717, 1.165) is 0 Å². The molecule has 0 aromatic heterocycles. The number of nitrogens with zero attached hydrogens (tertiary/aromatic N) is 1. The van der Waals surface area contributed by atoms with Gasteiger partial charge in [-0.25, -0.2) is 8.42 Å². The van der Waals surface area contributed by atoms with Gasteiger partial charge in [-0.1, -0.05) is 19.8 Å². The van der Waals surface area contributed by atoms with Crippen molar-refractivity contribution in [3.63, 3.8) is 0 Å². The maximum absolute atomic E-state index is 12.2. The Hall–Kier alpha value is -0.760. The third kappa shape index (κ3) is 6.61. The fourth-order valence-corrected chi connectivity index (χ4v) is 3.20. The number of quaternary nitrogens is 1. The fraction of sp³-hybridized carbons (Fsp3) is 1.00. The second-order valence-electron chi connectivity index (χ2n) is 7.18. The zero-order valence-corrected chi connectivity index (χ0v) is 16.7. The molecule has 0 amide bonds. The van der Waals surface area contributed by atoms with Crippen molar-refractivity contribution in [2.75, 3.05) is 26.7 Å². The van der Waals surface area contributed by atoms with Crippen LogP contribution < -0.4 is 0 Å². The third-order valence-corrected chi connectivity index (χ3v) is 5.51. The summed E-state index contributed by atoms with van der Waals surface area (Å²) in [6, 6.07) is 0. The van der Waals surface area contributed by atoms with Crippen LogP contribution in [-0.4, -0.2) is 67.4 Å². The van der Waals surface area contributed by atoms with Gasteiger partial charge in [0.25, 0.3) is 0 Å². The minimum absolute atomic E-state index is 1.36. The molecule has 0 unspecified atom stereocenters. The van der Waals surface area contributed by atoms with Crippen LogP contribution in [0.1, 0.15) is 45.4 Å². The Labute approximate surface area is 163 Å². The Bertz CT molecular complexity index is 615. The van der Waals surface area contributed by atoms with E-state index in [1.165, 1.54) is 62.6 Å². The van der Waals surface area contributed by atoms with Crippen molar-refractivity contribution in [2.45, 2.75) is 68.7 Å². The van der Waals surface area contributed by atoms with Crippen molar-refractivity contribution in [3.05, 3.63) is 0 Å². The lowest BCUT2D eigenvalue weighted by Crippen LogP contribution is -2.63. The minimum atomic E-state index is -7.43. The van der Waals surface area contributed by atoms with E-state index in [2.05, 4.69) is 14.0 Å². The molecule has 1 rings (SSSR count). The predicted molar refractivity (Wildman–Crippen MR) is 84.8 cm³/mol. The summed E-state index contributed by atoms with van der Waals surface area (Å²) >= 11 is 0. The second kappa shape index (κ2) is 9.58. The van der Waals surface area contributed by atoms with Crippen LogP contribution in [0.25, 0.3) is 0 Å². The quantitative estimate of drug-likeness (QED) is 0.223. The van der Waals surface area contributed by atoms with Crippen LogP contribution in [0, 0.1) is 0 Å². The average Bonchev–Trinajstić information content (AvgIpc) is 2.96. The Morgan fingerprint density at radius 3 is 1.62 bits per heavy atom. The van der Waals surface area contributed by atoms with Crippen LogP contribution in [0.5, 0.6) is 0 Å². The number of likely N-dealkylation sites (tertiary alicyclic amines) is 1. The number of hydrogen-bond acceptors (Lipinski definition) is 3. The molecule has 4 nitrogen and oxygen atoms in total. The lowest BCUT2D eigenvalue weighted by Gasteiger charge is -2.34. The molecule has 0 N–H and O–H groups in total. The topological polar surface area (TPSA) is 57.2 Å². The van der Waals surface area contributed by atoms with Gasteiger partial charge in [0.1, 0.15) is 0 Å². The summed E-state index contributed by atoms with van der Waals surface area (Å²) in [5.41, 5.74) is 0. The first-order valence-electron chi connectivity index (χ1n) is 8.76. The molecule has 0 spiro atoms. The van der Waals surface area contributed by atoms with Gasteiger partial charge in [0.2, 0.25) is 0 Å². The largest absolute Gasteiger partial charge is 0.743 e. The van der Waals surface area contributed by atoms with Crippen LogP contribution in [-0.2, 0) is 10.1 Å². The van der Waals surface area contributed by atoms with Gasteiger partial charge in [-0.15, -0.1) is 0 Å². The molecule has 0 radical (unpaired) electrons. The molecule has 1 saturated heterocycles. The van der Waals surface area contributed by atoms with Gasteiger partial charge in [0.05, 0.1) is 26.7 Å². The van der Waals surface area contributed by atoms with Crippen molar-refractivity contribution in [2.24, 2.45) is 0 Å². The standard InChI is InChI=1S/C11H24N.C4HF9O3S/c1-3-4-5-6-9-12(2)10-7-8-11-12;5-1(6,3(9,10)11)2(7,8)4(12,13)17(14,15)16/h3-11H2,1-2H3;(H,14,15,16)/q+1;/p-1. The van der Waals surface area contributed by atoms with Crippen molar-refractivity contribution in [3.8, 4) is 0 Å². The number of unbranched alkanes of at least 4 members (excludes halogenated alkanes) is 3. The first kappa shape index (κ1) is 28.2. The van der Waals surface area contributed by atoms with Gasteiger partial charge in [0, 0.05) is 12.8 Å². The van der Waals surface area contributed by atoms with Crippen molar-refractivity contribution in [1.82, 2.24) is 0 Å². The van der Waals surface area contributed by atoms with Gasteiger partial charge in [0.15, 0.2) is 10.1 Å². The van der Waals surface area contributed by atoms with Crippen LogP contribution >= 0.6 is 0 Å². The smallest absolute Gasteiger partial charge is 0.460 e.